The molecule has 1 fully saturated rings. The van der Waals surface area contributed by atoms with Crippen molar-refractivity contribution in [2.24, 2.45) is 5.92 Å². The van der Waals surface area contributed by atoms with Crippen LogP contribution in [0, 0.1) is 5.92 Å². The van der Waals surface area contributed by atoms with Crippen LogP contribution in [0.25, 0.3) is 22.4 Å². The van der Waals surface area contributed by atoms with Gasteiger partial charge in [0, 0.05) is 41.2 Å². The Hall–Kier alpha value is -4.58. The van der Waals surface area contributed by atoms with Crippen molar-refractivity contribution < 1.29 is 4.57 Å². The van der Waals surface area contributed by atoms with Crippen molar-refractivity contribution in [1.82, 2.24) is 0 Å². The van der Waals surface area contributed by atoms with Crippen LogP contribution in [0.3, 0.4) is 0 Å². The molecule has 1 saturated carbocycles. The largest absolute Gasteiger partial charge is 0.353 e. The van der Waals surface area contributed by atoms with Gasteiger partial charge in [-0.25, -0.2) is 0 Å². The van der Waals surface area contributed by atoms with Gasteiger partial charge in [-0.1, -0.05) is 165 Å². The van der Waals surface area contributed by atoms with Crippen LogP contribution in [0.1, 0.15) is 132 Å². The fourth-order valence-corrected chi connectivity index (χ4v) is 12.3. The van der Waals surface area contributed by atoms with E-state index in [1.807, 2.05) is 6.92 Å². The Morgan fingerprint density at radius 2 is 1.48 bits per heavy atom. The van der Waals surface area contributed by atoms with Crippen LogP contribution < -0.4 is 20.0 Å². The number of hydrogen-bond acceptors (Lipinski definition) is 3. The number of nitrogens with one attached hydrogen (secondary N) is 1. The molecule has 0 spiro atoms. The molecule has 7 rings (SSSR count). The van der Waals surface area contributed by atoms with Crippen molar-refractivity contribution >= 4 is 43.0 Å². The first-order chi connectivity index (χ1) is 30.1. The minimum Gasteiger partial charge on any atom is -0.353 e. The lowest BCUT2D eigenvalue weighted by molar-refractivity contribution is -0.717. The van der Waals surface area contributed by atoms with Gasteiger partial charge in [-0.3, -0.25) is 0 Å². The molecule has 0 saturated heterocycles. The Morgan fingerprint density at radius 3 is 2.13 bits per heavy atom. The monoisotopic (exact) mass is 873 g/mol. The first kappa shape index (κ1) is 46.4. The molecule has 2 unspecified atom stereocenters. The second-order valence-electron chi connectivity index (χ2n) is 20.4. The summed E-state index contributed by atoms with van der Waals surface area (Å²) in [5.74, 6) is 1.74. The molecular formula is C58H74N3SSi+. The third kappa shape index (κ3) is 10.7. The number of pyridine rings is 1. The van der Waals surface area contributed by atoms with Crippen LogP contribution in [0.2, 0.25) is 19.6 Å². The number of hydrogen-bond donors (Lipinski definition) is 2. The third-order valence-electron chi connectivity index (χ3n) is 13.9. The number of thiol groups is 1. The van der Waals surface area contributed by atoms with E-state index in [2.05, 4.69) is 198 Å². The molecule has 1 N–H and O–H groups in total. The topological polar surface area (TPSA) is 19.1 Å². The minimum absolute atomic E-state index is 0.184. The summed E-state index contributed by atoms with van der Waals surface area (Å²) in [6.07, 6.45) is 15.6. The van der Waals surface area contributed by atoms with Crippen LogP contribution in [0.5, 0.6) is 0 Å². The number of anilines is 3. The van der Waals surface area contributed by atoms with Gasteiger partial charge in [0.05, 0.1) is 25.9 Å². The Balaban J connectivity index is 1.29. The maximum absolute atomic E-state index is 4.93. The summed E-state index contributed by atoms with van der Waals surface area (Å²) < 4.78 is 2.70. The number of rotatable bonds is 16. The lowest BCUT2D eigenvalue weighted by atomic mass is 9.77. The molecule has 1 aromatic heterocycles. The minimum atomic E-state index is -1.72. The Morgan fingerprint density at radius 1 is 0.841 bits per heavy atom. The molecule has 4 aromatic carbocycles. The zero-order valence-electron chi connectivity index (χ0n) is 39.9. The molecule has 1 aliphatic heterocycles. The molecule has 1 aliphatic carbocycles. The Labute approximate surface area is 387 Å². The average Bonchev–Trinajstić information content (AvgIpc) is 3.25. The molecule has 0 amide bonds. The highest BCUT2D eigenvalue weighted by atomic mass is 32.1. The van der Waals surface area contributed by atoms with Crippen molar-refractivity contribution in [3.63, 3.8) is 0 Å². The van der Waals surface area contributed by atoms with E-state index in [1.165, 1.54) is 83.3 Å². The Kier molecular flexibility index (Phi) is 14.8. The maximum Gasteiger partial charge on any atom is 0.213 e. The van der Waals surface area contributed by atoms with Gasteiger partial charge in [-0.15, -0.1) is 12.6 Å². The second kappa shape index (κ2) is 20.1. The third-order valence-corrected chi connectivity index (χ3v) is 16.1. The fraction of sp³-hybridized carbons (Fsp3) is 0.397. The zero-order chi connectivity index (χ0) is 45.0. The van der Waals surface area contributed by atoms with Gasteiger partial charge in [0.15, 0.2) is 12.2 Å². The van der Waals surface area contributed by atoms with Gasteiger partial charge in [0.1, 0.15) is 0 Å². The molecular weight excluding hydrogens is 799 g/mol. The van der Waals surface area contributed by atoms with Gasteiger partial charge >= 0.3 is 0 Å². The highest BCUT2D eigenvalue weighted by molar-refractivity contribution is 7.84. The van der Waals surface area contributed by atoms with Crippen molar-refractivity contribution in [3.05, 3.63) is 161 Å². The SMILES string of the molecule is C=C(/C=C(\C)S)CCC1c2ccccc2-c2cc(CC3CCCCC3)c([Si](C)(C)C)c[n+]2C1CC(=C)N(C)c1ccccc1Nc1c(C(C)C)cc(-c2ccccc2)cc1C(C)C. The van der Waals surface area contributed by atoms with E-state index >= 15 is 0 Å². The predicted molar refractivity (Wildman–Crippen MR) is 280 cm³/mol. The van der Waals surface area contributed by atoms with Crippen LogP contribution in [-0.4, -0.2) is 15.1 Å². The number of fused-ring (bicyclic) bond motifs is 3. The van der Waals surface area contributed by atoms with Gasteiger partial charge in [0.2, 0.25) is 5.69 Å². The molecule has 63 heavy (non-hydrogen) atoms. The summed E-state index contributed by atoms with van der Waals surface area (Å²) in [6.45, 7) is 28.3. The van der Waals surface area contributed by atoms with E-state index in [0.29, 0.717) is 11.8 Å². The average molecular weight is 873 g/mol. The van der Waals surface area contributed by atoms with Crippen LogP contribution in [0.4, 0.5) is 17.1 Å². The van der Waals surface area contributed by atoms with Crippen molar-refractivity contribution in [2.45, 2.75) is 136 Å². The standard InChI is InChI=1S/C58H73N3SSi/c1-39(2)51-35-46(45-24-16-13-17-25-45)36-52(40(3)4)58(51)59-53-28-20-21-29-54(53)60(8)42(6)33-55-50(31-30-41(5)32-43(7)62)48-26-18-19-27-49(48)56-37-47(34-44-22-14-12-15-23-44)57(38-61(55)56)63(9,10)11/h13,16-21,24-29,32,35-40,44,50,55,59H,5-6,12,14-15,22-23,30-31,33-34H2,1-4,7-11H3/p+1/b43-32+. The quantitative estimate of drug-likeness (QED) is 0.0446. The molecule has 330 valence electrons. The van der Waals surface area contributed by atoms with E-state index in [4.69, 9.17) is 6.58 Å². The normalized spacial score (nSPS) is 16.8. The first-order valence-electron chi connectivity index (χ1n) is 23.8. The summed E-state index contributed by atoms with van der Waals surface area (Å²) in [6, 6.07) is 36.5. The molecule has 5 aromatic rings. The van der Waals surface area contributed by atoms with Gasteiger partial charge in [0.25, 0.3) is 0 Å². The molecule has 2 heterocycles. The van der Waals surface area contributed by atoms with Crippen molar-refractivity contribution in [1.29, 1.82) is 0 Å². The fourth-order valence-electron chi connectivity index (χ4n) is 10.5. The van der Waals surface area contributed by atoms with Crippen LogP contribution in [0.15, 0.2) is 139 Å². The van der Waals surface area contributed by atoms with Gasteiger partial charge in [-0.2, -0.15) is 4.57 Å². The molecule has 5 heteroatoms. The predicted octanol–water partition coefficient (Wildman–Crippen LogP) is 15.8. The highest BCUT2D eigenvalue weighted by Crippen LogP contribution is 2.46. The second-order valence-corrected chi connectivity index (χ2v) is 26.1. The lowest BCUT2D eigenvalue weighted by Gasteiger charge is -2.35. The summed E-state index contributed by atoms with van der Waals surface area (Å²) in [5.41, 5.74) is 16.7. The van der Waals surface area contributed by atoms with Gasteiger partial charge in [-0.05, 0) is 113 Å². The number of nitrogens with zero attached hydrogens (tertiary/aromatic N) is 2. The van der Waals surface area contributed by atoms with E-state index in [-0.39, 0.29) is 12.0 Å². The van der Waals surface area contributed by atoms with E-state index in [9.17, 15) is 0 Å². The Bertz CT molecular complexity index is 2420. The van der Waals surface area contributed by atoms with Crippen molar-refractivity contribution in [2.75, 3.05) is 17.3 Å². The molecule has 2 aliphatic rings. The first-order valence-corrected chi connectivity index (χ1v) is 27.8. The van der Waals surface area contributed by atoms with Crippen molar-refractivity contribution in [3.8, 4) is 22.4 Å². The number of benzene rings is 4. The molecule has 0 radical (unpaired) electrons. The smallest absolute Gasteiger partial charge is 0.213 e. The number of para-hydroxylation sites is 2. The van der Waals surface area contributed by atoms with Crippen LogP contribution >= 0.6 is 12.6 Å². The summed E-state index contributed by atoms with van der Waals surface area (Å²) in [5, 5.41) is 5.65. The molecule has 0 bridgehead atoms. The highest BCUT2D eigenvalue weighted by Gasteiger charge is 2.42. The van der Waals surface area contributed by atoms with E-state index < -0.39 is 8.07 Å². The van der Waals surface area contributed by atoms with E-state index in [0.717, 1.165) is 52.7 Å². The lowest BCUT2D eigenvalue weighted by Crippen LogP contribution is -2.54. The maximum atomic E-state index is 4.93. The number of allylic oxidation sites excluding steroid dienone is 4. The summed E-state index contributed by atoms with van der Waals surface area (Å²) >= 11 is 4.62. The van der Waals surface area contributed by atoms with E-state index in [1.54, 1.807) is 10.8 Å². The molecule has 2 atom stereocenters. The molecule has 3 nitrogen and oxygen atoms in total. The summed E-state index contributed by atoms with van der Waals surface area (Å²) in [7, 11) is 0.497. The summed E-state index contributed by atoms with van der Waals surface area (Å²) in [4.78, 5) is 3.35. The van der Waals surface area contributed by atoms with Gasteiger partial charge < -0.3 is 10.2 Å². The number of aromatic nitrogens is 1. The van der Waals surface area contributed by atoms with Crippen LogP contribution in [-0.2, 0) is 6.42 Å². The zero-order valence-corrected chi connectivity index (χ0v) is 41.8.